The predicted octanol–water partition coefficient (Wildman–Crippen LogP) is 3.46. The largest absolute Gasteiger partial charge is 0.303 e. The molecule has 1 nitrogen and oxygen atoms in total. The molecule has 0 saturated heterocycles. The Labute approximate surface area is 89.1 Å². The van der Waals surface area contributed by atoms with Crippen LogP contribution in [0.2, 0.25) is 0 Å². The first-order valence-corrected chi connectivity index (χ1v) is 6.05. The van der Waals surface area contributed by atoms with Gasteiger partial charge < -0.3 is 5.32 Å². The molecule has 0 fully saturated rings. The molecule has 2 heteroatoms. The van der Waals surface area contributed by atoms with Crippen LogP contribution in [-0.2, 0) is 0 Å². The SMILES string of the molecule is CCC(C)CC[C@@H](CC)N[C@@H](C)S. The zero-order valence-electron chi connectivity index (χ0n) is 9.51. The van der Waals surface area contributed by atoms with Gasteiger partial charge in [0.2, 0.25) is 0 Å². The van der Waals surface area contributed by atoms with E-state index in [4.69, 9.17) is 0 Å². The van der Waals surface area contributed by atoms with Crippen LogP contribution in [0.5, 0.6) is 0 Å². The third kappa shape index (κ3) is 7.39. The number of hydrogen-bond donors (Lipinski definition) is 2. The van der Waals surface area contributed by atoms with Crippen molar-refractivity contribution in [1.29, 1.82) is 0 Å². The summed E-state index contributed by atoms with van der Waals surface area (Å²) in [6.45, 7) is 8.93. The zero-order chi connectivity index (χ0) is 10.3. The molecule has 0 bridgehead atoms. The predicted molar refractivity (Wildman–Crippen MR) is 64.4 cm³/mol. The molecule has 0 heterocycles. The van der Waals surface area contributed by atoms with Crippen LogP contribution in [-0.4, -0.2) is 11.4 Å². The van der Waals surface area contributed by atoms with Gasteiger partial charge in [0, 0.05) is 11.4 Å². The van der Waals surface area contributed by atoms with Gasteiger partial charge in [0.05, 0.1) is 0 Å². The number of thiol groups is 1. The van der Waals surface area contributed by atoms with Gasteiger partial charge >= 0.3 is 0 Å². The molecule has 0 aromatic carbocycles. The lowest BCUT2D eigenvalue weighted by Gasteiger charge is -2.20. The van der Waals surface area contributed by atoms with Crippen LogP contribution in [0.15, 0.2) is 0 Å². The molecule has 1 unspecified atom stereocenters. The molecule has 0 rings (SSSR count). The van der Waals surface area contributed by atoms with Gasteiger partial charge in [0.15, 0.2) is 0 Å². The second kappa shape index (κ2) is 7.69. The Hall–Kier alpha value is 0.310. The molecule has 0 aromatic heterocycles. The van der Waals surface area contributed by atoms with Crippen molar-refractivity contribution >= 4 is 12.6 Å². The Kier molecular flexibility index (Phi) is 7.87. The summed E-state index contributed by atoms with van der Waals surface area (Å²) in [5.74, 6) is 0.867. The standard InChI is InChI=1S/C11H25NS/c1-5-9(3)7-8-11(6-2)12-10(4)13/h9-13H,5-8H2,1-4H3/t9?,10-,11-/m1/s1. The molecule has 0 amide bonds. The Morgan fingerprint density at radius 3 is 2.08 bits per heavy atom. The minimum Gasteiger partial charge on any atom is -0.303 e. The fourth-order valence-corrected chi connectivity index (χ4v) is 1.65. The van der Waals surface area contributed by atoms with Crippen molar-refractivity contribution in [3.05, 3.63) is 0 Å². The van der Waals surface area contributed by atoms with Crippen LogP contribution in [0.4, 0.5) is 0 Å². The van der Waals surface area contributed by atoms with Crippen LogP contribution in [0.1, 0.15) is 53.4 Å². The summed E-state index contributed by atoms with van der Waals surface area (Å²) in [6, 6.07) is 0.654. The van der Waals surface area contributed by atoms with Crippen molar-refractivity contribution in [1.82, 2.24) is 5.32 Å². The van der Waals surface area contributed by atoms with E-state index in [2.05, 4.69) is 45.6 Å². The molecule has 0 aliphatic carbocycles. The summed E-state index contributed by atoms with van der Waals surface area (Å²) in [6.07, 6.45) is 5.13. The van der Waals surface area contributed by atoms with Crippen LogP contribution in [0.3, 0.4) is 0 Å². The molecule has 0 radical (unpaired) electrons. The molecule has 80 valence electrons. The summed E-state index contributed by atoms with van der Waals surface area (Å²) < 4.78 is 0. The molecule has 3 atom stereocenters. The van der Waals surface area contributed by atoms with E-state index >= 15 is 0 Å². The summed E-state index contributed by atoms with van der Waals surface area (Å²) in [7, 11) is 0. The first kappa shape index (κ1) is 13.3. The maximum atomic E-state index is 4.35. The van der Waals surface area contributed by atoms with E-state index in [0.29, 0.717) is 11.4 Å². The highest BCUT2D eigenvalue weighted by Gasteiger charge is 2.09. The third-order valence-electron chi connectivity index (χ3n) is 2.67. The molecular weight excluding hydrogens is 178 g/mol. The van der Waals surface area contributed by atoms with Gasteiger partial charge in [0.25, 0.3) is 0 Å². The number of rotatable bonds is 7. The quantitative estimate of drug-likeness (QED) is 0.477. The molecule has 1 N–H and O–H groups in total. The molecule has 13 heavy (non-hydrogen) atoms. The highest BCUT2D eigenvalue weighted by molar-refractivity contribution is 7.80. The van der Waals surface area contributed by atoms with Crippen molar-refractivity contribution in [2.75, 3.05) is 0 Å². The van der Waals surface area contributed by atoms with Crippen LogP contribution in [0.25, 0.3) is 0 Å². The maximum Gasteiger partial charge on any atom is 0.0475 e. The number of hydrogen-bond acceptors (Lipinski definition) is 2. The summed E-state index contributed by atoms with van der Waals surface area (Å²) in [5.41, 5.74) is 0. The average Bonchev–Trinajstić information content (AvgIpc) is 2.10. The third-order valence-corrected chi connectivity index (χ3v) is 2.82. The minimum absolute atomic E-state index is 0.321. The monoisotopic (exact) mass is 203 g/mol. The van der Waals surface area contributed by atoms with Gasteiger partial charge in [-0.1, -0.05) is 27.2 Å². The number of nitrogens with one attached hydrogen (secondary N) is 1. The molecule has 0 saturated carbocycles. The second-order valence-electron chi connectivity index (χ2n) is 4.04. The van der Waals surface area contributed by atoms with Crippen LogP contribution >= 0.6 is 12.6 Å². The minimum atomic E-state index is 0.321. The lowest BCUT2D eigenvalue weighted by molar-refractivity contribution is 0.402. The Balaban J connectivity index is 3.59. The first-order chi connectivity index (χ1) is 6.10. The Morgan fingerprint density at radius 1 is 1.08 bits per heavy atom. The molecular formula is C11H25NS. The maximum absolute atomic E-state index is 4.35. The smallest absolute Gasteiger partial charge is 0.0475 e. The van der Waals surface area contributed by atoms with E-state index in [1.54, 1.807) is 0 Å². The van der Waals surface area contributed by atoms with E-state index < -0.39 is 0 Å². The van der Waals surface area contributed by atoms with Gasteiger partial charge in [-0.25, -0.2) is 0 Å². The van der Waals surface area contributed by atoms with Crippen molar-refractivity contribution < 1.29 is 0 Å². The van der Waals surface area contributed by atoms with E-state index in [1.165, 1.54) is 25.7 Å². The molecule has 0 aromatic rings. The fourth-order valence-electron chi connectivity index (χ4n) is 1.44. The highest BCUT2D eigenvalue weighted by Crippen LogP contribution is 2.13. The van der Waals surface area contributed by atoms with Gasteiger partial charge in [-0.3, -0.25) is 0 Å². The lowest BCUT2D eigenvalue weighted by atomic mass is 9.98. The van der Waals surface area contributed by atoms with E-state index in [1.807, 2.05) is 0 Å². The summed E-state index contributed by atoms with van der Waals surface area (Å²) in [5, 5.41) is 3.79. The first-order valence-electron chi connectivity index (χ1n) is 5.54. The van der Waals surface area contributed by atoms with E-state index in [-0.39, 0.29) is 0 Å². The summed E-state index contributed by atoms with van der Waals surface area (Å²) in [4.78, 5) is 0. The van der Waals surface area contributed by atoms with Gasteiger partial charge in [0.1, 0.15) is 0 Å². The van der Waals surface area contributed by atoms with Crippen LogP contribution < -0.4 is 5.32 Å². The van der Waals surface area contributed by atoms with Crippen molar-refractivity contribution in [3.63, 3.8) is 0 Å². The molecule has 0 aliphatic rings. The highest BCUT2D eigenvalue weighted by atomic mass is 32.1. The summed E-state index contributed by atoms with van der Waals surface area (Å²) >= 11 is 4.35. The average molecular weight is 203 g/mol. The molecule has 0 aliphatic heterocycles. The van der Waals surface area contributed by atoms with Crippen molar-refractivity contribution in [3.8, 4) is 0 Å². The zero-order valence-corrected chi connectivity index (χ0v) is 10.4. The molecule has 0 spiro atoms. The van der Waals surface area contributed by atoms with Gasteiger partial charge in [-0.15, -0.1) is 0 Å². The van der Waals surface area contributed by atoms with Gasteiger partial charge in [-0.2, -0.15) is 12.6 Å². The normalized spacial score (nSPS) is 18.2. The fraction of sp³-hybridized carbons (Fsp3) is 1.00. The van der Waals surface area contributed by atoms with Crippen LogP contribution in [0, 0.1) is 5.92 Å². The second-order valence-corrected chi connectivity index (χ2v) is 4.81. The van der Waals surface area contributed by atoms with Crippen molar-refractivity contribution in [2.24, 2.45) is 5.92 Å². The van der Waals surface area contributed by atoms with Crippen molar-refractivity contribution in [2.45, 2.75) is 64.8 Å². The van der Waals surface area contributed by atoms with Gasteiger partial charge in [-0.05, 0) is 32.1 Å². The van der Waals surface area contributed by atoms with E-state index in [9.17, 15) is 0 Å². The van der Waals surface area contributed by atoms with E-state index in [0.717, 1.165) is 5.92 Å². The topological polar surface area (TPSA) is 12.0 Å². The lowest BCUT2D eigenvalue weighted by Crippen LogP contribution is -2.33. The Bertz CT molecular complexity index is 115. The Morgan fingerprint density at radius 2 is 1.69 bits per heavy atom.